The number of nitrogens with one attached hydrogen (secondary N) is 1. The molecule has 0 bridgehead atoms. The van der Waals surface area contributed by atoms with E-state index < -0.39 is 34.6 Å². The van der Waals surface area contributed by atoms with E-state index in [-0.39, 0.29) is 18.0 Å². The van der Waals surface area contributed by atoms with Gasteiger partial charge in [0.15, 0.2) is 0 Å². The minimum absolute atomic E-state index is 0.0931. The first-order valence-corrected chi connectivity index (χ1v) is 14.9. The third kappa shape index (κ3) is 5.74. The van der Waals surface area contributed by atoms with Gasteiger partial charge in [0.05, 0.1) is 37.5 Å². The quantitative estimate of drug-likeness (QED) is 0.288. The van der Waals surface area contributed by atoms with Crippen molar-refractivity contribution >= 4 is 27.5 Å². The number of aromatic nitrogens is 5. The maximum absolute atomic E-state index is 14.6. The molecule has 0 saturated carbocycles. The fourth-order valence-corrected chi connectivity index (χ4v) is 6.58. The Kier molecular flexibility index (Phi) is 8.81. The predicted octanol–water partition coefficient (Wildman–Crippen LogP) is 3.07. The van der Waals surface area contributed by atoms with Crippen LogP contribution >= 0.6 is 11.3 Å². The number of amides is 1. The molecule has 3 aromatic heterocycles. The fourth-order valence-electron chi connectivity index (χ4n) is 5.36. The summed E-state index contributed by atoms with van der Waals surface area (Å²) in [5, 5.41) is 12.0. The Morgan fingerprint density at radius 2 is 1.93 bits per heavy atom. The number of rotatable bonds is 10. The summed E-state index contributed by atoms with van der Waals surface area (Å²) in [6.45, 7) is 7.82. The highest BCUT2D eigenvalue weighted by Gasteiger charge is 2.36. The topological polar surface area (TPSA) is 132 Å². The Morgan fingerprint density at radius 3 is 2.58 bits per heavy atom. The number of methoxy groups -OCH3 is 1. The monoisotopic (exact) mass is 614 g/mol. The van der Waals surface area contributed by atoms with E-state index >= 15 is 0 Å². The zero-order valence-electron chi connectivity index (χ0n) is 24.8. The summed E-state index contributed by atoms with van der Waals surface area (Å²) in [6.07, 6.45) is 3.21. The van der Waals surface area contributed by atoms with Crippen LogP contribution in [0.4, 0.5) is 4.39 Å². The van der Waals surface area contributed by atoms with Crippen molar-refractivity contribution in [2.75, 3.05) is 26.9 Å². The normalized spacial score (nSPS) is 15.1. The second-order valence-corrected chi connectivity index (χ2v) is 11.8. The van der Waals surface area contributed by atoms with E-state index in [4.69, 9.17) is 14.2 Å². The molecule has 1 unspecified atom stereocenters. The number of hydrogen-bond acceptors (Lipinski definition) is 9. The van der Waals surface area contributed by atoms with Crippen LogP contribution in [0.25, 0.3) is 15.2 Å². The van der Waals surface area contributed by atoms with Gasteiger partial charge in [0, 0.05) is 30.9 Å². The number of fused-ring (bicyclic) bond motifs is 1. The highest BCUT2D eigenvalue weighted by Crippen LogP contribution is 2.35. The number of thiophene rings is 1. The van der Waals surface area contributed by atoms with Crippen molar-refractivity contribution in [2.45, 2.75) is 64.8 Å². The SMILES string of the molecule is CCNC(=O)C(C)(C)n1c(=O)c2c(C)c(-n3nccn3)sc2n(CC(OC2CCOCC2)c2cc(F)ccc2OC)c1=O. The minimum atomic E-state index is -1.54. The highest BCUT2D eigenvalue weighted by molar-refractivity contribution is 7.21. The zero-order valence-corrected chi connectivity index (χ0v) is 25.6. The molecule has 230 valence electrons. The standard InChI is InChI=1S/C29H35FN6O6S/c1-6-31-27(38)29(3,4)35-24(37)23-17(2)25(36-32-11-12-33-36)43-26(23)34(28(35)39)16-22(42-19-9-13-41-14-10-19)20-15-18(30)7-8-21(20)40-5/h7-8,11-12,15,19,22H,6,9-10,13-14,16H2,1-5H3,(H,31,38). The number of carbonyl (C=O) groups excluding carboxylic acids is 1. The number of nitrogens with zero attached hydrogens (tertiary/aromatic N) is 5. The second kappa shape index (κ2) is 12.4. The Bertz CT molecular complexity index is 1740. The molecule has 12 nitrogen and oxygen atoms in total. The molecule has 1 saturated heterocycles. The van der Waals surface area contributed by atoms with E-state index in [1.54, 1.807) is 13.8 Å². The molecule has 5 rings (SSSR count). The Morgan fingerprint density at radius 1 is 1.23 bits per heavy atom. The molecule has 43 heavy (non-hydrogen) atoms. The van der Waals surface area contributed by atoms with E-state index in [9.17, 15) is 18.8 Å². The van der Waals surface area contributed by atoms with Gasteiger partial charge in [0.2, 0.25) is 5.91 Å². The van der Waals surface area contributed by atoms with Gasteiger partial charge in [-0.3, -0.25) is 14.2 Å². The third-order valence-electron chi connectivity index (χ3n) is 7.65. The van der Waals surface area contributed by atoms with Crippen molar-refractivity contribution in [1.82, 2.24) is 29.4 Å². The van der Waals surface area contributed by atoms with Crippen LogP contribution in [0, 0.1) is 12.7 Å². The first-order valence-electron chi connectivity index (χ1n) is 14.1. The average Bonchev–Trinajstić information content (AvgIpc) is 3.63. The lowest BCUT2D eigenvalue weighted by Crippen LogP contribution is -2.55. The molecular weight excluding hydrogens is 579 g/mol. The summed E-state index contributed by atoms with van der Waals surface area (Å²) in [5.74, 6) is -0.582. The van der Waals surface area contributed by atoms with Crippen LogP contribution in [-0.2, 0) is 26.4 Å². The third-order valence-corrected chi connectivity index (χ3v) is 8.93. The number of likely N-dealkylation sites (N-methyl/N-ethyl adjacent to an activating group) is 1. The number of ether oxygens (including phenoxy) is 3. The zero-order chi connectivity index (χ0) is 30.9. The largest absolute Gasteiger partial charge is 0.496 e. The van der Waals surface area contributed by atoms with Crippen molar-refractivity contribution in [3.8, 4) is 10.8 Å². The number of aryl methyl sites for hydroxylation is 1. The van der Waals surface area contributed by atoms with Crippen LogP contribution in [-0.4, -0.2) is 63.0 Å². The minimum Gasteiger partial charge on any atom is -0.496 e. The van der Waals surface area contributed by atoms with Crippen LogP contribution in [0.15, 0.2) is 40.2 Å². The fraction of sp³-hybridized carbons (Fsp3) is 0.483. The van der Waals surface area contributed by atoms with Crippen LogP contribution in [0.1, 0.15) is 50.8 Å². The summed E-state index contributed by atoms with van der Waals surface area (Å²) < 4.78 is 34.7. The van der Waals surface area contributed by atoms with Crippen molar-refractivity contribution in [3.05, 3.63) is 68.4 Å². The van der Waals surface area contributed by atoms with Gasteiger partial charge in [-0.05, 0) is 58.7 Å². The van der Waals surface area contributed by atoms with Gasteiger partial charge in [-0.15, -0.1) is 4.80 Å². The lowest BCUT2D eigenvalue weighted by atomic mass is 10.0. The predicted molar refractivity (Wildman–Crippen MR) is 159 cm³/mol. The van der Waals surface area contributed by atoms with Crippen LogP contribution in [0.2, 0.25) is 0 Å². The number of benzene rings is 1. The van der Waals surface area contributed by atoms with Gasteiger partial charge in [0.25, 0.3) is 5.56 Å². The molecule has 1 aliphatic heterocycles. The van der Waals surface area contributed by atoms with Crippen molar-refractivity contribution < 1.29 is 23.4 Å². The molecule has 1 aliphatic rings. The van der Waals surface area contributed by atoms with Crippen LogP contribution < -0.4 is 21.3 Å². The van der Waals surface area contributed by atoms with Gasteiger partial charge in [-0.1, -0.05) is 11.3 Å². The lowest BCUT2D eigenvalue weighted by Gasteiger charge is -2.30. The van der Waals surface area contributed by atoms with Crippen molar-refractivity contribution in [1.29, 1.82) is 0 Å². The summed E-state index contributed by atoms with van der Waals surface area (Å²) in [5.41, 5.74) is -1.87. The second-order valence-electron chi connectivity index (χ2n) is 10.8. The molecule has 0 radical (unpaired) electrons. The van der Waals surface area contributed by atoms with E-state index in [0.717, 1.165) is 4.57 Å². The molecule has 1 amide bonds. The van der Waals surface area contributed by atoms with E-state index in [1.165, 1.54) is 72.3 Å². The summed E-state index contributed by atoms with van der Waals surface area (Å²) in [4.78, 5) is 43.4. The maximum atomic E-state index is 14.6. The van der Waals surface area contributed by atoms with E-state index in [2.05, 4.69) is 15.5 Å². The average molecular weight is 615 g/mol. The van der Waals surface area contributed by atoms with E-state index in [0.29, 0.717) is 59.3 Å². The smallest absolute Gasteiger partial charge is 0.333 e. The van der Waals surface area contributed by atoms with Gasteiger partial charge >= 0.3 is 5.69 Å². The molecule has 1 N–H and O–H groups in total. The van der Waals surface area contributed by atoms with Crippen LogP contribution in [0.3, 0.4) is 0 Å². The van der Waals surface area contributed by atoms with Gasteiger partial charge in [-0.2, -0.15) is 10.2 Å². The van der Waals surface area contributed by atoms with Gasteiger partial charge < -0.3 is 19.5 Å². The molecular formula is C29H35FN6O6S. The molecule has 4 heterocycles. The number of hydrogen-bond donors (Lipinski definition) is 1. The molecule has 1 atom stereocenters. The molecule has 0 aliphatic carbocycles. The molecule has 14 heteroatoms. The Hall–Kier alpha value is -3.88. The molecule has 1 aromatic carbocycles. The summed E-state index contributed by atoms with van der Waals surface area (Å²) in [6, 6.07) is 4.14. The maximum Gasteiger partial charge on any atom is 0.333 e. The van der Waals surface area contributed by atoms with Gasteiger partial charge in [0.1, 0.15) is 33.0 Å². The lowest BCUT2D eigenvalue weighted by molar-refractivity contribution is -0.128. The van der Waals surface area contributed by atoms with Gasteiger partial charge in [-0.25, -0.2) is 13.8 Å². The summed E-state index contributed by atoms with van der Waals surface area (Å²) in [7, 11) is 1.48. The molecule has 4 aromatic rings. The highest BCUT2D eigenvalue weighted by atomic mass is 32.1. The Balaban J connectivity index is 1.77. The van der Waals surface area contributed by atoms with Crippen LogP contribution in [0.5, 0.6) is 5.75 Å². The molecule has 0 spiro atoms. The summed E-state index contributed by atoms with van der Waals surface area (Å²) >= 11 is 1.18. The van der Waals surface area contributed by atoms with E-state index in [1.807, 2.05) is 0 Å². The number of halogens is 1. The number of carbonyl (C=O) groups is 1. The van der Waals surface area contributed by atoms with Crippen molar-refractivity contribution in [3.63, 3.8) is 0 Å². The first-order chi connectivity index (χ1) is 20.6. The van der Waals surface area contributed by atoms with Crippen molar-refractivity contribution in [2.24, 2.45) is 0 Å². The molecule has 1 fully saturated rings. The first kappa shape index (κ1) is 30.6. The Labute approximate surface area is 251 Å².